The number of hydrogen-bond donors (Lipinski definition) is 1. The van der Waals surface area contributed by atoms with Gasteiger partial charge in [-0.05, 0) is 54.6 Å². The Morgan fingerprint density at radius 1 is 1.11 bits per heavy atom. The van der Waals surface area contributed by atoms with Gasteiger partial charge in [0.05, 0.1) is 36.3 Å². The van der Waals surface area contributed by atoms with Crippen molar-refractivity contribution in [3.8, 4) is 11.5 Å². The molecule has 0 aliphatic carbocycles. The van der Waals surface area contributed by atoms with Crippen LogP contribution in [-0.4, -0.2) is 55.3 Å². The van der Waals surface area contributed by atoms with E-state index in [4.69, 9.17) is 25.8 Å². The molecule has 1 saturated heterocycles. The van der Waals surface area contributed by atoms with Gasteiger partial charge in [0, 0.05) is 17.3 Å². The van der Waals surface area contributed by atoms with E-state index in [0.717, 1.165) is 16.7 Å². The van der Waals surface area contributed by atoms with Crippen molar-refractivity contribution in [2.45, 2.75) is 13.3 Å². The van der Waals surface area contributed by atoms with Crippen LogP contribution in [0.3, 0.4) is 0 Å². The second-order valence-electron chi connectivity index (χ2n) is 7.25. The first kappa shape index (κ1) is 26.1. The Balaban J connectivity index is 1.71. The summed E-state index contributed by atoms with van der Waals surface area (Å²) in [5.41, 5.74) is 0.945. The molecule has 0 spiro atoms. The van der Waals surface area contributed by atoms with Gasteiger partial charge in [-0.3, -0.25) is 19.3 Å². The van der Waals surface area contributed by atoms with E-state index in [2.05, 4.69) is 5.32 Å². The quantitative estimate of drug-likeness (QED) is 0.379. The molecule has 1 aliphatic heterocycles. The summed E-state index contributed by atoms with van der Waals surface area (Å²) in [5, 5.41) is 2.17. The Morgan fingerprint density at radius 2 is 1.89 bits per heavy atom. The van der Waals surface area contributed by atoms with E-state index in [9.17, 15) is 19.2 Å². The average Bonchev–Trinajstić information content (AvgIpc) is 3.11. The molecule has 1 aliphatic rings. The fourth-order valence-corrected chi connectivity index (χ4v) is 4.12. The van der Waals surface area contributed by atoms with Gasteiger partial charge in [-0.25, -0.2) is 4.79 Å². The number of rotatable bonds is 9. The number of carbonyl (C=O) groups excluding carboxylic acids is 4. The number of nitrogens with one attached hydrogen (secondary N) is 1. The van der Waals surface area contributed by atoms with Crippen LogP contribution >= 0.6 is 23.4 Å². The van der Waals surface area contributed by atoms with Crippen LogP contribution in [0.25, 0.3) is 6.08 Å². The van der Waals surface area contributed by atoms with Crippen molar-refractivity contribution in [1.82, 2.24) is 4.90 Å². The van der Waals surface area contributed by atoms with Gasteiger partial charge in [0.15, 0.2) is 0 Å². The summed E-state index contributed by atoms with van der Waals surface area (Å²) in [4.78, 5) is 51.0. The highest BCUT2D eigenvalue weighted by Crippen LogP contribution is 2.35. The van der Waals surface area contributed by atoms with Gasteiger partial charge < -0.3 is 19.5 Å². The van der Waals surface area contributed by atoms with E-state index in [-0.39, 0.29) is 27.8 Å². The molecule has 1 fully saturated rings. The van der Waals surface area contributed by atoms with Crippen molar-refractivity contribution < 1.29 is 33.4 Å². The van der Waals surface area contributed by atoms with Crippen molar-refractivity contribution in [1.29, 1.82) is 0 Å². The highest BCUT2D eigenvalue weighted by Gasteiger charge is 2.36. The molecule has 35 heavy (non-hydrogen) atoms. The highest BCUT2D eigenvalue weighted by atomic mass is 35.5. The Bertz CT molecular complexity index is 1200. The standard InChI is InChI=1S/C24H23ClN2O7S/c1-4-9-34-23(30)17-11-15(6-8-18(17)25)26-21(28)13-27-22(29)20(35-24(27)31)10-14-5-7-16(32-2)12-19(14)33-3/h5-8,10-12H,4,9,13H2,1-3H3,(H,26,28)/b20-10+. The summed E-state index contributed by atoms with van der Waals surface area (Å²) < 4.78 is 15.6. The van der Waals surface area contributed by atoms with Crippen LogP contribution in [0.15, 0.2) is 41.3 Å². The third-order valence-corrected chi connectivity index (χ3v) is 6.05. The van der Waals surface area contributed by atoms with E-state index in [0.29, 0.717) is 23.5 Å². The van der Waals surface area contributed by atoms with E-state index >= 15 is 0 Å². The lowest BCUT2D eigenvalue weighted by atomic mass is 10.1. The smallest absolute Gasteiger partial charge is 0.339 e. The normalized spacial score (nSPS) is 14.3. The number of nitrogens with zero attached hydrogens (tertiary/aromatic N) is 1. The largest absolute Gasteiger partial charge is 0.497 e. The van der Waals surface area contributed by atoms with Gasteiger partial charge in [-0.1, -0.05) is 18.5 Å². The molecule has 0 aromatic heterocycles. The lowest BCUT2D eigenvalue weighted by Crippen LogP contribution is -2.36. The van der Waals surface area contributed by atoms with Crippen molar-refractivity contribution in [2.75, 3.05) is 32.7 Å². The predicted octanol–water partition coefficient (Wildman–Crippen LogP) is 4.60. The molecule has 184 valence electrons. The van der Waals surface area contributed by atoms with Crippen molar-refractivity contribution in [3.63, 3.8) is 0 Å². The zero-order chi connectivity index (χ0) is 25.5. The summed E-state index contributed by atoms with van der Waals surface area (Å²) >= 11 is 6.79. The van der Waals surface area contributed by atoms with Crippen LogP contribution in [-0.2, 0) is 14.3 Å². The molecule has 11 heteroatoms. The Kier molecular flexibility index (Phi) is 8.78. The first-order chi connectivity index (χ1) is 16.8. The molecule has 0 unspecified atom stereocenters. The van der Waals surface area contributed by atoms with Gasteiger partial charge in [-0.2, -0.15) is 0 Å². The maximum Gasteiger partial charge on any atom is 0.339 e. The summed E-state index contributed by atoms with van der Waals surface area (Å²) in [6, 6.07) is 9.38. The third kappa shape index (κ3) is 6.34. The highest BCUT2D eigenvalue weighted by molar-refractivity contribution is 8.18. The number of ether oxygens (including phenoxy) is 3. The number of amides is 3. The number of thioether (sulfide) groups is 1. The predicted molar refractivity (Wildman–Crippen MR) is 133 cm³/mol. The van der Waals surface area contributed by atoms with Gasteiger partial charge in [0.1, 0.15) is 18.0 Å². The molecule has 2 aromatic carbocycles. The molecule has 0 bridgehead atoms. The molecular weight excluding hydrogens is 496 g/mol. The van der Waals surface area contributed by atoms with E-state index < -0.39 is 29.6 Å². The van der Waals surface area contributed by atoms with E-state index in [1.807, 2.05) is 6.92 Å². The monoisotopic (exact) mass is 518 g/mol. The van der Waals surface area contributed by atoms with Crippen molar-refractivity contribution in [3.05, 3.63) is 57.5 Å². The number of imide groups is 1. The first-order valence-corrected chi connectivity index (χ1v) is 11.7. The summed E-state index contributed by atoms with van der Waals surface area (Å²) in [6.07, 6.45) is 2.17. The molecule has 3 amide bonds. The molecular formula is C24H23ClN2O7S. The maximum absolute atomic E-state index is 12.8. The average molecular weight is 519 g/mol. The van der Waals surface area contributed by atoms with Crippen LogP contribution in [0.1, 0.15) is 29.3 Å². The minimum absolute atomic E-state index is 0.0976. The number of anilines is 1. The number of halogens is 1. The van der Waals surface area contributed by atoms with Crippen molar-refractivity contribution in [2.24, 2.45) is 0 Å². The second-order valence-corrected chi connectivity index (χ2v) is 8.65. The topological polar surface area (TPSA) is 111 Å². The SMILES string of the molecule is CCCOC(=O)c1cc(NC(=O)CN2C(=O)S/C(=C/c3ccc(OC)cc3OC)C2=O)ccc1Cl. The fraction of sp³-hybridized carbons (Fsp3) is 0.250. The number of esters is 1. The van der Waals surface area contributed by atoms with Gasteiger partial charge in [-0.15, -0.1) is 0 Å². The zero-order valence-corrected chi connectivity index (χ0v) is 20.8. The Morgan fingerprint density at radius 3 is 2.57 bits per heavy atom. The fourth-order valence-electron chi connectivity index (χ4n) is 3.09. The van der Waals surface area contributed by atoms with Gasteiger partial charge in [0.2, 0.25) is 5.91 Å². The van der Waals surface area contributed by atoms with Crippen LogP contribution in [0, 0.1) is 0 Å². The Hall–Kier alpha value is -3.50. The lowest BCUT2D eigenvalue weighted by molar-refractivity contribution is -0.127. The molecule has 1 N–H and O–H groups in total. The minimum atomic E-state index is -0.620. The number of carbonyl (C=O) groups is 4. The second kappa shape index (κ2) is 11.8. The molecule has 0 radical (unpaired) electrons. The molecule has 1 heterocycles. The van der Waals surface area contributed by atoms with E-state index in [1.165, 1.54) is 38.5 Å². The van der Waals surface area contributed by atoms with Crippen LogP contribution in [0.5, 0.6) is 11.5 Å². The van der Waals surface area contributed by atoms with Crippen LogP contribution < -0.4 is 14.8 Å². The molecule has 3 rings (SSSR count). The number of methoxy groups -OCH3 is 2. The van der Waals surface area contributed by atoms with Crippen molar-refractivity contribution >= 4 is 58.1 Å². The minimum Gasteiger partial charge on any atom is -0.497 e. The van der Waals surface area contributed by atoms with Gasteiger partial charge >= 0.3 is 5.97 Å². The molecule has 0 saturated carbocycles. The molecule has 9 nitrogen and oxygen atoms in total. The van der Waals surface area contributed by atoms with Gasteiger partial charge in [0.25, 0.3) is 11.1 Å². The number of hydrogen-bond acceptors (Lipinski definition) is 8. The lowest BCUT2D eigenvalue weighted by Gasteiger charge is -2.13. The summed E-state index contributed by atoms with van der Waals surface area (Å²) in [5.74, 6) is -0.797. The molecule has 2 aromatic rings. The Labute approximate surface area is 211 Å². The number of benzene rings is 2. The van der Waals surface area contributed by atoms with Crippen LogP contribution in [0.2, 0.25) is 5.02 Å². The van der Waals surface area contributed by atoms with E-state index in [1.54, 1.807) is 18.2 Å². The summed E-state index contributed by atoms with van der Waals surface area (Å²) in [6.45, 7) is 1.60. The molecule has 0 atom stereocenters. The maximum atomic E-state index is 12.8. The van der Waals surface area contributed by atoms with Crippen LogP contribution in [0.4, 0.5) is 10.5 Å². The third-order valence-electron chi connectivity index (χ3n) is 4.81. The zero-order valence-electron chi connectivity index (χ0n) is 19.3. The summed E-state index contributed by atoms with van der Waals surface area (Å²) in [7, 11) is 3.00. The first-order valence-electron chi connectivity index (χ1n) is 10.5.